The third-order valence-corrected chi connectivity index (χ3v) is 7.94. The van der Waals surface area contributed by atoms with Gasteiger partial charge in [0.1, 0.15) is 16.6 Å². The van der Waals surface area contributed by atoms with Crippen LogP contribution in [0.3, 0.4) is 0 Å². The predicted molar refractivity (Wildman–Crippen MR) is 157 cm³/mol. The fourth-order valence-corrected chi connectivity index (χ4v) is 5.81. The summed E-state index contributed by atoms with van der Waals surface area (Å²) in [6.07, 6.45) is 1.90. The van der Waals surface area contributed by atoms with Crippen molar-refractivity contribution in [3.63, 3.8) is 0 Å². The molecule has 0 bridgehead atoms. The molecular formula is C34H20F2N2S. The van der Waals surface area contributed by atoms with Crippen LogP contribution in [0.1, 0.15) is 0 Å². The highest BCUT2D eigenvalue weighted by Crippen LogP contribution is 2.33. The summed E-state index contributed by atoms with van der Waals surface area (Å²) in [5.41, 5.74) is 8.49. The zero-order valence-corrected chi connectivity index (χ0v) is 21.4. The monoisotopic (exact) mass is 526 g/mol. The molecule has 0 spiro atoms. The zero-order valence-electron chi connectivity index (χ0n) is 20.6. The Bertz CT molecular complexity index is 1920. The number of pyridine rings is 1. The molecule has 0 aliphatic rings. The van der Waals surface area contributed by atoms with Gasteiger partial charge in [0.25, 0.3) is 0 Å². The average Bonchev–Trinajstić information content (AvgIpc) is 3.41. The SMILES string of the molecule is Fc1cc(F)cc(-c2ccc(-c3ccc4cc(-c5ccc(-c6nc7ccccc7s6)cc5)cnc4c3)cc2)c1. The maximum atomic E-state index is 13.6. The molecule has 0 saturated heterocycles. The molecule has 0 aliphatic heterocycles. The number of para-hydroxylation sites is 1. The van der Waals surface area contributed by atoms with Gasteiger partial charge < -0.3 is 0 Å². The smallest absolute Gasteiger partial charge is 0.126 e. The summed E-state index contributed by atoms with van der Waals surface area (Å²) in [7, 11) is 0. The zero-order chi connectivity index (χ0) is 26.3. The van der Waals surface area contributed by atoms with Gasteiger partial charge in [-0.3, -0.25) is 4.98 Å². The first kappa shape index (κ1) is 23.4. The predicted octanol–water partition coefficient (Wildman–Crippen LogP) is 9.79. The van der Waals surface area contributed by atoms with Crippen molar-refractivity contribution in [1.29, 1.82) is 0 Å². The van der Waals surface area contributed by atoms with E-state index < -0.39 is 11.6 Å². The van der Waals surface area contributed by atoms with Crippen molar-refractivity contribution in [1.82, 2.24) is 9.97 Å². The Labute approximate surface area is 227 Å². The van der Waals surface area contributed by atoms with Crippen LogP contribution in [0.2, 0.25) is 0 Å². The first-order valence-corrected chi connectivity index (χ1v) is 13.3. The molecule has 2 heterocycles. The summed E-state index contributed by atoms with van der Waals surface area (Å²) < 4.78 is 28.4. The highest BCUT2D eigenvalue weighted by atomic mass is 32.1. The van der Waals surface area contributed by atoms with E-state index in [0.717, 1.165) is 60.9 Å². The normalized spacial score (nSPS) is 11.3. The van der Waals surface area contributed by atoms with Crippen LogP contribution in [-0.2, 0) is 0 Å². The third kappa shape index (κ3) is 4.58. The molecular weight excluding hydrogens is 506 g/mol. The molecule has 0 unspecified atom stereocenters. The van der Waals surface area contributed by atoms with Crippen molar-refractivity contribution in [2.75, 3.05) is 0 Å². The molecule has 0 fully saturated rings. The summed E-state index contributed by atoms with van der Waals surface area (Å²) in [6.45, 7) is 0. The summed E-state index contributed by atoms with van der Waals surface area (Å²) in [5.74, 6) is -1.17. The number of nitrogens with zero attached hydrogens (tertiary/aromatic N) is 2. The minimum atomic E-state index is -0.585. The molecule has 0 saturated carbocycles. The van der Waals surface area contributed by atoms with E-state index >= 15 is 0 Å². The molecule has 186 valence electrons. The maximum Gasteiger partial charge on any atom is 0.126 e. The molecule has 0 aliphatic carbocycles. The van der Waals surface area contributed by atoms with Crippen LogP contribution in [0.25, 0.3) is 65.1 Å². The molecule has 0 atom stereocenters. The van der Waals surface area contributed by atoms with Crippen molar-refractivity contribution in [3.05, 3.63) is 133 Å². The van der Waals surface area contributed by atoms with E-state index in [1.807, 2.05) is 48.7 Å². The van der Waals surface area contributed by atoms with Gasteiger partial charge in [0, 0.05) is 28.8 Å². The molecule has 2 aromatic heterocycles. The van der Waals surface area contributed by atoms with E-state index in [4.69, 9.17) is 9.97 Å². The first-order chi connectivity index (χ1) is 19.1. The van der Waals surface area contributed by atoms with Crippen molar-refractivity contribution >= 4 is 32.5 Å². The molecule has 0 radical (unpaired) electrons. The number of benzene rings is 5. The fourth-order valence-electron chi connectivity index (χ4n) is 4.84. The summed E-state index contributed by atoms with van der Waals surface area (Å²) in [5, 5.41) is 2.07. The van der Waals surface area contributed by atoms with Crippen LogP contribution < -0.4 is 0 Å². The van der Waals surface area contributed by atoms with Gasteiger partial charge in [-0.1, -0.05) is 72.8 Å². The van der Waals surface area contributed by atoms with Crippen LogP contribution >= 0.6 is 11.3 Å². The standard InChI is InChI=1S/C34H20F2N2S/c35-29-16-27(17-30(36)19-29)22-7-5-21(6-8-22)25-13-14-26-15-28(20-37-32(26)18-25)23-9-11-24(12-10-23)34-38-31-3-1-2-4-33(31)39-34/h1-20H. The number of thiazole rings is 1. The largest absolute Gasteiger partial charge is 0.256 e. The highest BCUT2D eigenvalue weighted by Gasteiger charge is 2.09. The van der Waals surface area contributed by atoms with E-state index in [1.165, 1.54) is 16.8 Å². The molecule has 0 N–H and O–H groups in total. The summed E-state index contributed by atoms with van der Waals surface area (Å²) in [6, 6.07) is 36.2. The van der Waals surface area contributed by atoms with Crippen molar-refractivity contribution in [2.24, 2.45) is 0 Å². The Kier molecular flexibility index (Phi) is 5.71. The Morgan fingerprint density at radius 3 is 1.82 bits per heavy atom. The van der Waals surface area contributed by atoms with E-state index in [-0.39, 0.29) is 0 Å². The summed E-state index contributed by atoms with van der Waals surface area (Å²) >= 11 is 1.70. The molecule has 39 heavy (non-hydrogen) atoms. The number of rotatable bonds is 4. The van der Waals surface area contributed by atoms with Crippen LogP contribution in [0.15, 0.2) is 121 Å². The molecule has 7 aromatic rings. The lowest BCUT2D eigenvalue weighted by Crippen LogP contribution is -1.86. The first-order valence-electron chi connectivity index (χ1n) is 12.5. The van der Waals surface area contributed by atoms with Crippen molar-refractivity contribution < 1.29 is 8.78 Å². The lowest BCUT2D eigenvalue weighted by Gasteiger charge is -2.08. The fraction of sp³-hybridized carbons (Fsp3) is 0. The average molecular weight is 527 g/mol. The molecule has 0 amide bonds. The Hall–Kier alpha value is -4.74. The van der Waals surface area contributed by atoms with Gasteiger partial charge in [0.15, 0.2) is 0 Å². The summed E-state index contributed by atoms with van der Waals surface area (Å²) in [4.78, 5) is 9.51. The lowest BCUT2D eigenvalue weighted by atomic mass is 9.98. The van der Waals surface area contributed by atoms with E-state index in [2.05, 4.69) is 54.6 Å². The van der Waals surface area contributed by atoms with Gasteiger partial charge in [-0.25, -0.2) is 13.8 Å². The van der Waals surface area contributed by atoms with Gasteiger partial charge >= 0.3 is 0 Å². The van der Waals surface area contributed by atoms with E-state index in [1.54, 1.807) is 11.3 Å². The van der Waals surface area contributed by atoms with Crippen molar-refractivity contribution in [2.45, 2.75) is 0 Å². The Balaban J connectivity index is 1.14. The molecule has 5 heteroatoms. The van der Waals surface area contributed by atoms with Gasteiger partial charge in [0.05, 0.1) is 15.7 Å². The van der Waals surface area contributed by atoms with E-state index in [0.29, 0.717) is 5.56 Å². The van der Waals surface area contributed by atoms with Crippen LogP contribution in [-0.4, -0.2) is 9.97 Å². The topological polar surface area (TPSA) is 25.8 Å². The Morgan fingerprint density at radius 1 is 0.487 bits per heavy atom. The van der Waals surface area contributed by atoms with Crippen LogP contribution in [0, 0.1) is 11.6 Å². The number of halogens is 2. The second kappa shape index (κ2) is 9.53. The minimum Gasteiger partial charge on any atom is -0.256 e. The van der Waals surface area contributed by atoms with Gasteiger partial charge in [-0.15, -0.1) is 11.3 Å². The highest BCUT2D eigenvalue weighted by molar-refractivity contribution is 7.21. The molecule has 2 nitrogen and oxygen atoms in total. The van der Waals surface area contributed by atoms with Gasteiger partial charge in [0.2, 0.25) is 0 Å². The second-order valence-corrected chi connectivity index (χ2v) is 10.5. The number of aromatic nitrogens is 2. The van der Waals surface area contributed by atoms with Gasteiger partial charge in [-0.2, -0.15) is 0 Å². The quantitative estimate of drug-likeness (QED) is 0.228. The minimum absolute atomic E-state index is 0.514. The van der Waals surface area contributed by atoms with Crippen LogP contribution in [0.5, 0.6) is 0 Å². The van der Waals surface area contributed by atoms with Gasteiger partial charge in [-0.05, 0) is 64.2 Å². The molecule has 7 rings (SSSR count). The number of hydrogen-bond acceptors (Lipinski definition) is 3. The Morgan fingerprint density at radius 2 is 1.10 bits per heavy atom. The lowest BCUT2D eigenvalue weighted by molar-refractivity contribution is 0.584. The van der Waals surface area contributed by atoms with E-state index in [9.17, 15) is 8.78 Å². The number of fused-ring (bicyclic) bond motifs is 2. The third-order valence-electron chi connectivity index (χ3n) is 6.86. The van der Waals surface area contributed by atoms with Crippen molar-refractivity contribution in [3.8, 4) is 44.0 Å². The second-order valence-electron chi connectivity index (χ2n) is 9.43. The maximum absolute atomic E-state index is 13.6. The van der Waals surface area contributed by atoms with Crippen LogP contribution in [0.4, 0.5) is 8.78 Å². The number of hydrogen-bond donors (Lipinski definition) is 0. The molecule has 5 aromatic carbocycles.